The summed E-state index contributed by atoms with van der Waals surface area (Å²) in [6.07, 6.45) is 3.21. The Kier molecular flexibility index (Phi) is 4.74. The average molecular weight is 321 g/mol. The summed E-state index contributed by atoms with van der Waals surface area (Å²) in [7, 11) is 0. The Balaban J connectivity index is 1.57. The molecule has 22 heavy (non-hydrogen) atoms. The molecule has 0 aromatic heterocycles. The molecule has 1 saturated heterocycles. The first-order valence-electron chi connectivity index (χ1n) is 8.35. The number of nitrogens with zero attached hydrogens (tertiary/aromatic N) is 1. The van der Waals surface area contributed by atoms with Crippen LogP contribution in [-0.2, 0) is 4.79 Å². The van der Waals surface area contributed by atoms with Gasteiger partial charge in [-0.25, -0.2) is 0 Å². The molecule has 2 aliphatic rings. The van der Waals surface area contributed by atoms with Crippen LogP contribution in [0.5, 0.6) is 0 Å². The van der Waals surface area contributed by atoms with Gasteiger partial charge in [0, 0.05) is 36.1 Å². The molecule has 1 aliphatic heterocycles. The van der Waals surface area contributed by atoms with Gasteiger partial charge in [-0.15, -0.1) is 0 Å². The highest BCUT2D eigenvalue weighted by atomic mass is 35.5. The lowest BCUT2D eigenvalue weighted by atomic mass is 9.92. The number of likely N-dealkylation sites (tertiary alicyclic amines) is 1. The van der Waals surface area contributed by atoms with Crippen molar-refractivity contribution in [3.8, 4) is 0 Å². The van der Waals surface area contributed by atoms with Crippen LogP contribution in [-0.4, -0.2) is 29.9 Å². The van der Waals surface area contributed by atoms with Crippen LogP contribution in [0.3, 0.4) is 0 Å². The van der Waals surface area contributed by atoms with Crippen molar-refractivity contribution in [2.24, 2.45) is 11.8 Å². The Morgan fingerprint density at radius 2 is 2.05 bits per heavy atom. The summed E-state index contributed by atoms with van der Waals surface area (Å²) in [6, 6.07) is 8.68. The third-order valence-corrected chi connectivity index (χ3v) is 5.32. The fraction of sp³-hybridized carbons (Fsp3) is 0.611. The number of benzene rings is 1. The molecule has 0 unspecified atom stereocenters. The molecule has 120 valence electrons. The van der Waals surface area contributed by atoms with Gasteiger partial charge in [-0.05, 0) is 43.7 Å². The molecule has 3 atom stereocenters. The van der Waals surface area contributed by atoms with E-state index in [2.05, 4.69) is 30.1 Å². The van der Waals surface area contributed by atoms with Crippen molar-refractivity contribution in [2.75, 3.05) is 13.1 Å². The van der Waals surface area contributed by atoms with Crippen molar-refractivity contribution in [1.82, 2.24) is 10.2 Å². The standard InChI is InChI=1S/C18H25ClN2O/c1-12-11-21(18(22)14-7-8-14)10-9-17(12)20-13(2)15-5-3-4-6-16(15)19/h3-6,12-14,17,20H,7-11H2,1-2H3/t12-,13-,17+/m0/s1. The SMILES string of the molecule is C[C@H](N[C@@H]1CCN(C(=O)C2CC2)C[C@@H]1C)c1ccccc1Cl. The van der Waals surface area contributed by atoms with Gasteiger partial charge in [-0.3, -0.25) is 4.79 Å². The first kappa shape index (κ1) is 15.8. The number of carbonyl (C=O) groups is 1. The monoisotopic (exact) mass is 320 g/mol. The van der Waals surface area contributed by atoms with E-state index in [4.69, 9.17) is 11.6 Å². The molecule has 3 rings (SSSR count). The van der Waals surface area contributed by atoms with E-state index in [9.17, 15) is 4.79 Å². The fourth-order valence-electron chi connectivity index (χ4n) is 3.42. The second-order valence-corrected chi connectivity index (χ2v) is 7.25. The maximum atomic E-state index is 12.2. The predicted octanol–water partition coefficient (Wildman–Crippen LogP) is 3.64. The molecule has 1 amide bonds. The molecular weight excluding hydrogens is 296 g/mol. The number of rotatable bonds is 4. The van der Waals surface area contributed by atoms with Crippen molar-refractivity contribution < 1.29 is 4.79 Å². The molecule has 1 saturated carbocycles. The minimum Gasteiger partial charge on any atom is -0.342 e. The number of piperidine rings is 1. The number of hydrogen-bond acceptors (Lipinski definition) is 2. The molecule has 0 bridgehead atoms. The summed E-state index contributed by atoms with van der Waals surface area (Å²) in [5, 5.41) is 4.52. The molecule has 3 nitrogen and oxygen atoms in total. The van der Waals surface area contributed by atoms with Gasteiger partial charge >= 0.3 is 0 Å². The lowest BCUT2D eigenvalue weighted by Gasteiger charge is -2.39. The van der Waals surface area contributed by atoms with E-state index < -0.39 is 0 Å². The number of hydrogen-bond donors (Lipinski definition) is 1. The third kappa shape index (κ3) is 3.47. The Labute approximate surface area is 138 Å². The van der Waals surface area contributed by atoms with Gasteiger partial charge in [0.05, 0.1) is 0 Å². The maximum absolute atomic E-state index is 12.2. The van der Waals surface area contributed by atoms with E-state index in [0.29, 0.717) is 23.8 Å². The highest BCUT2D eigenvalue weighted by Gasteiger charge is 2.37. The molecule has 1 aliphatic carbocycles. The summed E-state index contributed by atoms with van der Waals surface area (Å²) in [6.45, 7) is 6.16. The predicted molar refractivity (Wildman–Crippen MR) is 89.9 cm³/mol. The zero-order valence-corrected chi connectivity index (χ0v) is 14.1. The summed E-state index contributed by atoms with van der Waals surface area (Å²) in [4.78, 5) is 14.3. The minimum absolute atomic E-state index is 0.229. The van der Waals surface area contributed by atoms with Crippen LogP contribution in [0.2, 0.25) is 5.02 Å². The second kappa shape index (κ2) is 6.59. The largest absolute Gasteiger partial charge is 0.342 e. The lowest BCUT2D eigenvalue weighted by Crippen LogP contribution is -2.51. The molecule has 2 fully saturated rings. The Hall–Kier alpha value is -1.06. The Morgan fingerprint density at radius 3 is 2.68 bits per heavy atom. The third-order valence-electron chi connectivity index (χ3n) is 4.98. The molecule has 1 aromatic rings. The highest BCUT2D eigenvalue weighted by molar-refractivity contribution is 6.31. The summed E-state index contributed by atoms with van der Waals surface area (Å²) < 4.78 is 0. The molecular formula is C18H25ClN2O. The van der Waals surface area contributed by atoms with Gasteiger partial charge in [-0.2, -0.15) is 0 Å². The van der Waals surface area contributed by atoms with Crippen LogP contribution in [0.4, 0.5) is 0 Å². The number of halogens is 1. The van der Waals surface area contributed by atoms with E-state index in [0.717, 1.165) is 42.9 Å². The molecule has 0 radical (unpaired) electrons. The quantitative estimate of drug-likeness (QED) is 0.918. The van der Waals surface area contributed by atoms with Crippen LogP contribution in [0.1, 0.15) is 44.7 Å². The van der Waals surface area contributed by atoms with Crippen LogP contribution in [0.15, 0.2) is 24.3 Å². The van der Waals surface area contributed by atoms with Crippen molar-refractivity contribution in [2.45, 2.75) is 45.2 Å². The van der Waals surface area contributed by atoms with Crippen LogP contribution < -0.4 is 5.32 Å². The summed E-state index contributed by atoms with van der Waals surface area (Å²) in [5.74, 6) is 1.18. The number of nitrogens with one attached hydrogen (secondary N) is 1. The average Bonchev–Trinajstić information content (AvgIpc) is 3.33. The van der Waals surface area contributed by atoms with Crippen molar-refractivity contribution in [3.63, 3.8) is 0 Å². The van der Waals surface area contributed by atoms with Gasteiger partial charge in [0.15, 0.2) is 0 Å². The van der Waals surface area contributed by atoms with Crippen LogP contribution in [0.25, 0.3) is 0 Å². The van der Waals surface area contributed by atoms with E-state index in [1.807, 2.05) is 18.2 Å². The zero-order valence-electron chi connectivity index (χ0n) is 13.4. The van der Waals surface area contributed by atoms with E-state index in [1.165, 1.54) is 0 Å². The highest BCUT2D eigenvalue weighted by Crippen LogP contribution is 2.33. The van der Waals surface area contributed by atoms with Crippen LogP contribution >= 0.6 is 11.6 Å². The van der Waals surface area contributed by atoms with Crippen LogP contribution in [0, 0.1) is 11.8 Å². The molecule has 1 N–H and O–H groups in total. The van der Waals surface area contributed by atoms with Gasteiger partial charge in [0.25, 0.3) is 0 Å². The summed E-state index contributed by atoms with van der Waals surface area (Å²) >= 11 is 6.29. The van der Waals surface area contributed by atoms with Gasteiger partial charge in [0.1, 0.15) is 0 Å². The maximum Gasteiger partial charge on any atom is 0.225 e. The molecule has 0 spiro atoms. The van der Waals surface area contributed by atoms with Gasteiger partial charge in [-0.1, -0.05) is 36.7 Å². The first-order valence-corrected chi connectivity index (χ1v) is 8.73. The Bertz CT molecular complexity index is 544. The van der Waals surface area contributed by atoms with Crippen molar-refractivity contribution in [1.29, 1.82) is 0 Å². The second-order valence-electron chi connectivity index (χ2n) is 6.84. The molecule has 1 aromatic carbocycles. The molecule has 4 heteroatoms. The van der Waals surface area contributed by atoms with Gasteiger partial charge in [0.2, 0.25) is 5.91 Å². The van der Waals surface area contributed by atoms with Crippen molar-refractivity contribution in [3.05, 3.63) is 34.9 Å². The fourth-order valence-corrected chi connectivity index (χ4v) is 3.72. The van der Waals surface area contributed by atoms with E-state index in [-0.39, 0.29) is 6.04 Å². The zero-order chi connectivity index (χ0) is 15.7. The number of carbonyl (C=O) groups excluding carboxylic acids is 1. The van der Waals surface area contributed by atoms with Crippen molar-refractivity contribution >= 4 is 17.5 Å². The number of amides is 1. The van der Waals surface area contributed by atoms with E-state index in [1.54, 1.807) is 0 Å². The minimum atomic E-state index is 0.229. The van der Waals surface area contributed by atoms with E-state index >= 15 is 0 Å². The normalized spacial score (nSPS) is 26.8. The Morgan fingerprint density at radius 1 is 1.32 bits per heavy atom. The lowest BCUT2D eigenvalue weighted by molar-refractivity contribution is -0.134. The topological polar surface area (TPSA) is 32.3 Å². The smallest absolute Gasteiger partial charge is 0.225 e. The molecule has 1 heterocycles. The first-order chi connectivity index (χ1) is 10.6. The van der Waals surface area contributed by atoms with Gasteiger partial charge < -0.3 is 10.2 Å². The summed E-state index contributed by atoms with van der Waals surface area (Å²) in [5.41, 5.74) is 1.15.